The molecule has 8 nitrogen and oxygen atoms in total. The van der Waals surface area contributed by atoms with E-state index in [1.807, 2.05) is 42.5 Å². The van der Waals surface area contributed by atoms with Crippen molar-refractivity contribution in [1.29, 1.82) is 0 Å². The number of nitrogens with zero attached hydrogens (tertiary/aromatic N) is 2. The molecule has 33 heavy (non-hydrogen) atoms. The molecule has 0 bridgehead atoms. The molecule has 9 heteroatoms. The zero-order valence-electron chi connectivity index (χ0n) is 18.1. The lowest BCUT2D eigenvalue weighted by Gasteiger charge is -2.11. The topological polar surface area (TPSA) is 95.6 Å². The van der Waals surface area contributed by atoms with Crippen LogP contribution in [0.4, 0.5) is 0 Å². The van der Waals surface area contributed by atoms with Gasteiger partial charge in [0, 0.05) is 18.5 Å². The number of hydrogen-bond acceptors (Lipinski definition) is 7. The number of para-hydroxylation sites is 1. The molecule has 0 spiro atoms. The molecule has 5 rings (SSSR count). The summed E-state index contributed by atoms with van der Waals surface area (Å²) < 4.78 is 18.1. The van der Waals surface area contributed by atoms with Crippen LogP contribution >= 0.6 is 11.8 Å². The fourth-order valence-corrected chi connectivity index (χ4v) is 4.56. The number of rotatable bonds is 8. The van der Waals surface area contributed by atoms with E-state index in [1.54, 1.807) is 4.57 Å². The second-order valence-electron chi connectivity index (χ2n) is 7.73. The molecule has 0 aliphatic carbocycles. The molecule has 1 amide bonds. The van der Waals surface area contributed by atoms with Crippen LogP contribution in [0.3, 0.4) is 0 Å². The fraction of sp³-hybridized carbons (Fsp3) is 0.292. The van der Waals surface area contributed by atoms with Crippen molar-refractivity contribution < 1.29 is 18.7 Å². The highest BCUT2D eigenvalue weighted by Crippen LogP contribution is 2.32. The molecule has 0 saturated carbocycles. The van der Waals surface area contributed by atoms with Crippen molar-refractivity contribution in [2.45, 2.75) is 38.0 Å². The van der Waals surface area contributed by atoms with Gasteiger partial charge in [-0.2, -0.15) is 0 Å². The van der Waals surface area contributed by atoms with E-state index in [-0.39, 0.29) is 29.6 Å². The standard InChI is InChI=1S/C24H23N3O5S/c1-2-3-10-27-23(29)22-21(16-6-4-5-7-17(16)32-22)26-24(27)33-13-20(28)25-12-15-8-9-18-19(11-15)31-14-30-18/h4-9,11H,2-3,10,12-14H2,1H3,(H,25,28). The Hall–Kier alpha value is -3.46. The Morgan fingerprint density at radius 3 is 2.91 bits per heavy atom. The van der Waals surface area contributed by atoms with Crippen molar-refractivity contribution in [3.05, 3.63) is 58.4 Å². The number of fused-ring (bicyclic) bond motifs is 4. The lowest BCUT2D eigenvalue weighted by molar-refractivity contribution is -0.118. The second-order valence-corrected chi connectivity index (χ2v) is 8.68. The molecule has 2 aromatic carbocycles. The highest BCUT2D eigenvalue weighted by Gasteiger charge is 2.19. The quantitative estimate of drug-likeness (QED) is 0.309. The molecular weight excluding hydrogens is 442 g/mol. The first-order valence-corrected chi connectivity index (χ1v) is 11.8. The minimum Gasteiger partial charge on any atom is -0.454 e. The van der Waals surface area contributed by atoms with Gasteiger partial charge in [0.15, 0.2) is 16.7 Å². The number of unbranched alkanes of at least 4 members (excludes halogenated alkanes) is 1. The summed E-state index contributed by atoms with van der Waals surface area (Å²) in [7, 11) is 0. The maximum absolute atomic E-state index is 13.2. The van der Waals surface area contributed by atoms with E-state index in [0.29, 0.717) is 40.8 Å². The number of hydrogen-bond donors (Lipinski definition) is 1. The summed E-state index contributed by atoms with van der Waals surface area (Å²) >= 11 is 1.26. The number of ether oxygens (including phenoxy) is 2. The van der Waals surface area contributed by atoms with E-state index in [9.17, 15) is 9.59 Å². The van der Waals surface area contributed by atoms with Gasteiger partial charge in [-0.15, -0.1) is 0 Å². The lowest BCUT2D eigenvalue weighted by Crippen LogP contribution is -2.26. The van der Waals surface area contributed by atoms with Gasteiger partial charge in [-0.25, -0.2) is 4.98 Å². The molecule has 170 valence electrons. The monoisotopic (exact) mass is 465 g/mol. The summed E-state index contributed by atoms with van der Waals surface area (Å²) in [6.07, 6.45) is 1.77. The Morgan fingerprint density at radius 1 is 1.18 bits per heavy atom. The van der Waals surface area contributed by atoms with Gasteiger partial charge < -0.3 is 19.2 Å². The highest BCUT2D eigenvalue weighted by atomic mass is 32.2. The summed E-state index contributed by atoms with van der Waals surface area (Å²) in [6, 6.07) is 13.0. The van der Waals surface area contributed by atoms with Crippen molar-refractivity contribution in [1.82, 2.24) is 14.9 Å². The average molecular weight is 466 g/mol. The number of furan rings is 1. The zero-order chi connectivity index (χ0) is 22.8. The van der Waals surface area contributed by atoms with Gasteiger partial charge in [-0.1, -0.05) is 43.3 Å². The number of benzene rings is 2. The van der Waals surface area contributed by atoms with E-state index in [1.165, 1.54) is 11.8 Å². The van der Waals surface area contributed by atoms with Crippen molar-refractivity contribution in [2.75, 3.05) is 12.5 Å². The van der Waals surface area contributed by atoms with Crippen LogP contribution in [0, 0.1) is 0 Å². The third-order valence-corrected chi connectivity index (χ3v) is 6.42. The molecule has 1 aliphatic rings. The lowest BCUT2D eigenvalue weighted by atomic mass is 10.2. The number of carbonyl (C=O) groups is 1. The van der Waals surface area contributed by atoms with Crippen molar-refractivity contribution in [3.63, 3.8) is 0 Å². The van der Waals surface area contributed by atoms with E-state index >= 15 is 0 Å². The van der Waals surface area contributed by atoms with Crippen LogP contribution in [0.25, 0.3) is 22.1 Å². The van der Waals surface area contributed by atoms with Crippen LogP contribution in [0.2, 0.25) is 0 Å². The number of amides is 1. The smallest absolute Gasteiger partial charge is 0.297 e. The Balaban J connectivity index is 1.34. The van der Waals surface area contributed by atoms with E-state index in [2.05, 4.69) is 12.2 Å². The summed E-state index contributed by atoms with van der Waals surface area (Å²) in [4.78, 5) is 30.4. The third kappa shape index (κ3) is 4.28. The van der Waals surface area contributed by atoms with Gasteiger partial charge >= 0.3 is 0 Å². The van der Waals surface area contributed by atoms with Gasteiger partial charge in [-0.3, -0.25) is 14.2 Å². The Kier molecular flexibility index (Phi) is 5.95. The van der Waals surface area contributed by atoms with E-state index < -0.39 is 0 Å². The van der Waals surface area contributed by atoms with Crippen LogP contribution < -0.4 is 20.3 Å². The van der Waals surface area contributed by atoms with Gasteiger partial charge in [0.25, 0.3) is 5.56 Å². The fourth-order valence-electron chi connectivity index (χ4n) is 3.71. The van der Waals surface area contributed by atoms with E-state index in [0.717, 1.165) is 23.8 Å². The Labute approximate surface area is 193 Å². The molecule has 0 atom stereocenters. The molecule has 1 N–H and O–H groups in total. The zero-order valence-corrected chi connectivity index (χ0v) is 18.9. The summed E-state index contributed by atoms with van der Waals surface area (Å²) in [5.74, 6) is 1.38. The molecular formula is C24H23N3O5S. The number of carbonyl (C=O) groups excluding carboxylic acids is 1. The number of thioether (sulfide) groups is 1. The van der Waals surface area contributed by atoms with Gasteiger partial charge in [-0.05, 0) is 36.2 Å². The van der Waals surface area contributed by atoms with Crippen molar-refractivity contribution in [2.24, 2.45) is 0 Å². The molecule has 0 radical (unpaired) electrons. The molecule has 0 saturated heterocycles. The molecule has 1 aliphatic heterocycles. The number of aromatic nitrogens is 2. The maximum atomic E-state index is 13.2. The molecule has 4 aromatic rings. The predicted molar refractivity (Wildman–Crippen MR) is 126 cm³/mol. The van der Waals surface area contributed by atoms with Crippen LogP contribution in [0.1, 0.15) is 25.3 Å². The molecule has 0 unspecified atom stereocenters. The highest BCUT2D eigenvalue weighted by molar-refractivity contribution is 7.99. The summed E-state index contributed by atoms with van der Waals surface area (Å²) in [6.45, 7) is 3.17. The Bertz CT molecular complexity index is 1390. The van der Waals surface area contributed by atoms with Crippen LogP contribution in [0.5, 0.6) is 11.5 Å². The summed E-state index contributed by atoms with van der Waals surface area (Å²) in [5.41, 5.74) is 2.12. The van der Waals surface area contributed by atoms with Crippen molar-refractivity contribution >= 4 is 39.7 Å². The van der Waals surface area contributed by atoms with E-state index in [4.69, 9.17) is 18.9 Å². The van der Waals surface area contributed by atoms with Crippen LogP contribution in [0.15, 0.2) is 56.8 Å². The SMILES string of the molecule is CCCCn1c(SCC(=O)NCc2ccc3c(c2)OCO3)nc2c(oc3ccccc32)c1=O. The molecule has 0 fully saturated rings. The number of nitrogens with one attached hydrogen (secondary N) is 1. The minimum absolute atomic E-state index is 0.143. The largest absolute Gasteiger partial charge is 0.454 e. The Morgan fingerprint density at radius 2 is 2.03 bits per heavy atom. The average Bonchev–Trinajstić information content (AvgIpc) is 3.45. The molecule has 3 heterocycles. The first-order chi connectivity index (χ1) is 16.1. The van der Waals surface area contributed by atoms with Crippen molar-refractivity contribution in [3.8, 4) is 11.5 Å². The minimum atomic E-state index is -0.215. The second kappa shape index (κ2) is 9.19. The van der Waals surface area contributed by atoms with Gasteiger partial charge in [0.1, 0.15) is 11.1 Å². The van der Waals surface area contributed by atoms with Crippen LogP contribution in [-0.2, 0) is 17.9 Å². The molecule has 2 aromatic heterocycles. The normalized spacial score (nSPS) is 12.5. The first-order valence-electron chi connectivity index (χ1n) is 10.8. The van der Waals surface area contributed by atoms with Gasteiger partial charge in [0.05, 0.1) is 5.75 Å². The van der Waals surface area contributed by atoms with Crippen LogP contribution in [-0.4, -0.2) is 28.0 Å². The summed E-state index contributed by atoms with van der Waals surface area (Å²) in [5, 5.41) is 4.22. The predicted octanol–water partition coefficient (Wildman–Crippen LogP) is 4.08. The van der Waals surface area contributed by atoms with Gasteiger partial charge in [0.2, 0.25) is 18.3 Å². The third-order valence-electron chi connectivity index (χ3n) is 5.44. The maximum Gasteiger partial charge on any atom is 0.297 e. The first kappa shape index (κ1) is 21.4.